The molecule has 0 atom stereocenters. The third-order valence-electron chi connectivity index (χ3n) is 5.77. The molecule has 0 radical (unpaired) electrons. The summed E-state index contributed by atoms with van der Waals surface area (Å²) >= 11 is 0. The summed E-state index contributed by atoms with van der Waals surface area (Å²) in [4.78, 5) is 17.3. The number of methoxy groups -OCH3 is 1. The fraction of sp³-hybridized carbons (Fsp3) is 0.240. The van der Waals surface area contributed by atoms with Crippen LogP contribution in [0, 0.1) is 6.92 Å². The second kappa shape index (κ2) is 9.54. The monoisotopic (exact) mass is 465 g/mol. The highest BCUT2D eigenvalue weighted by Gasteiger charge is 2.26. The summed E-state index contributed by atoms with van der Waals surface area (Å²) in [5.41, 5.74) is 2.62. The molecule has 1 saturated heterocycles. The van der Waals surface area contributed by atoms with Crippen LogP contribution in [0.2, 0.25) is 0 Å². The molecule has 33 heavy (non-hydrogen) atoms. The van der Waals surface area contributed by atoms with E-state index in [9.17, 15) is 13.2 Å². The van der Waals surface area contributed by atoms with Crippen molar-refractivity contribution in [1.29, 1.82) is 0 Å². The quantitative estimate of drug-likeness (QED) is 0.600. The van der Waals surface area contributed by atoms with Crippen molar-refractivity contribution in [3.8, 4) is 5.75 Å². The van der Waals surface area contributed by atoms with Crippen LogP contribution in [-0.4, -0.2) is 52.5 Å². The van der Waals surface area contributed by atoms with Crippen LogP contribution in [0.4, 0.5) is 11.4 Å². The normalized spacial score (nSPS) is 14.1. The average molecular weight is 466 g/mol. The Hall–Kier alpha value is -3.52. The van der Waals surface area contributed by atoms with Crippen LogP contribution < -0.4 is 14.4 Å². The molecule has 1 N–H and O–H groups in total. The molecule has 1 amide bonds. The second-order valence-corrected chi connectivity index (χ2v) is 9.58. The lowest BCUT2D eigenvalue weighted by Gasteiger charge is -2.36. The maximum atomic E-state index is 13.3. The number of nitrogens with zero attached hydrogens (tertiary/aromatic N) is 2. The summed E-state index contributed by atoms with van der Waals surface area (Å²) in [7, 11) is -2.16. The first-order valence-electron chi connectivity index (χ1n) is 10.7. The highest BCUT2D eigenvalue weighted by molar-refractivity contribution is 7.92. The number of carbonyl (C=O) groups excluding carboxylic acids is 1. The molecule has 0 aliphatic carbocycles. The summed E-state index contributed by atoms with van der Waals surface area (Å²) in [6.07, 6.45) is 0. The summed E-state index contributed by atoms with van der Waals surface area (Å²) in [5.74, 6) is 0.640. The Bertz CT molecular complexity index is 1240. The number of rotatable bonds is 6. The molecular weight excluding hydrogens is 438 g/mol. The van der Waals surface area contributed by atoms with Gasteiger partial charge in [-0.25, -0.2) is 8.42 Å². The molecule has 0 unspecified atom stereocenters. The SMILES string of the molecule is COc1ccccc1N1CCN(C(=O)c2cc(S(=O)(=O)Nc3ccccc3)ccc2C)CC1. The third-order valence-corrected chi connectivity index (χ3v) is 7.15. The zero-order valence-corrected chi connectivity index (χ0v) is 19.5. The zero-order valence-electron chi connectivity index (χ0n) is 18.7. The van der Waals surface area contributed by atoms with Crippen molar-refractivity contribution in [2.24, 2.45) is 0 Å². The van der Waals surface area contributed by atoms with Gasteiger partial charge in [0, 0.05) is 37.4 Å². The number of carbonyl (C=O) groups is 1. The molecule has 1 aliphatic rings. The minimum Gasteiger partial charge on any atom is -0.495 e. The van der Waals surface area contributed by atoms with E-state index in [4.69, 9.17) is 4.74 Å². The van der Waals surface area contributed by atoms with Crippen molar-refractivity contribution in [3.63, 3.8) is 0 Å². The fourth-order valence-corrected chi connectivity index (χ4v) is 5.02. The number of anilines is 2. The van der Waals surface area contributed by atoms with Gasteiger partial charge in [-0.05, 0) is 48.9 Å². The molecule has 4 rings (SSSR count). The Balaban J connectivity index is 1.50. The third kappa shape index (κ3) is 4.96. The van der Waals surface area contributed by atoms with Crippen LogP contribution in [-0.2, 0) is 10.0 Å². The molecular formula is C25H27N3O4S. The van der Waals surface area contributed by atoms with Crippen molar-refractivity contribution in [2.75, 3.05) is 42.9 Å². The molecule has 0 saturated carbocycles. The molecule has 0 aromatic heterocycles. The van der Waals surface area contributed by atoms with E-state index in [1.807, 2.05) is 37.3 Å². The van der Waals surface area contributed by atoms with Crippen molar-refractivity contribution in [2.45, 2.75) is 11.8 Å². The van der Waals surface area contributed by atoms with E-state index >= 15 is 0 Å². The number of hydrogen-bond acceptors (Lipinski definition) is 5. The van der Waals surface area contributed by atoms with Gasteiger partial charge in [0.25, 0.3) is 15.9 Å². The van der Waals surface area contributed by atoms with Crippen LogP contribution in [0.25, 0.3) is 0 Å². The number of nitrogens with one attached hydrogen (secondary N) is 1. The standard InChI is InChI=1S/C25H27N3O4S/c1-19-12-13-21(33(30,31)26-20-8-4-3-5-9-20)18-22(19)25(29)28-16-14-27(15-17-28)23-10-6-7-11-24(23)32-2/h3-13,18,26H,14-17H2,1-2H3. The molecule has 8 heteroatoms. The zero-order chi connectivity index (χ0) is 23.4. The number of para-hydroxylation sites is 3. The lowest BCUT2D eigenvalue weighted by Crippen LogP contribution is -2.49. The predicted octanol–water partition coefficient (Wildman–Crippen LogP) is 3.77. The molecule has 3 aromatic carbocycles. The number of hydrogen-bond donors (Lipinski definition) is 1. The van der Waals surface area contributed by atoms with Crippen molar-refractivity contribution in [3.05, 3.63) is 83.9 Å². The van der Waals surface area contributed by atoms with E-state index in [0.29, 0.717) is 37.4 Å². The first-order valence-corrected chi connectivity index (χ1v) is 12.2. The van der Waals surface area contributed by atoms with Crippen molar-refractivity contribution < 1.29 is 17.9 Å². The highest BCUT2D eigenvalue weighted by Crippen LogP contribution is 2.29. The van der Waals surface area contributed by atoms with Gasteiger partial charge in [0.05, 0.1) is 17.7 Å². The second-order valence-electron chi connectivity index (χ2n) is 7.90. The lowest BCUT2D eigenvalue weighted by molar-refractivity contribution is 0.0745. The van der Waals surface area contributed by atoms with E-state index < -0.39 is 10.0 Å². The van der Waals surface area contributed by atoms with E-state index in [0.717, 1.165) is 17.0 Å². The maximum Gasteiger partial charge on any atom is 0.261 e. The molecule has 172 valence electrons. The first-order chi connectivity index (χ1) is 15.9. The number of piperazine rings is 1. The number of aryl methyl sites for hydroxylation is 1. The predicted molar refractivity (Wildman–Crippen MR) is 130 cm³/mol. The summed E-state index contributed by atoms with van der Waals surface area (Å²) in [5, 5.41) is 0. The number of ether oxygens (including phenoxy) is 1. The van der Waals surface area contributed by atoms with Gasteiger partial charge in [-0.3, -0.25) is 9.52 Å². The van der Waals surface area contributed by atoms with Crippen LogP contribution in [0.5, 0.6) is 5.75 Å². The van der Waals surface area contributed by atoms with Gasteiger partial charge in [-0.2, -0.15) is 0 Å². The molecule has 7 nitrogen and oxygen atoms in total. The number of amides is 1. The van der Waals surface area contributed by atoms with Gasteiger partial charge in [0.15, 0.2) is 0 Å². The Morgan fingerprint density at radius 2 is 1.58 bits per heavy atom. The van der Waals surface area contributed by atoms with E-state index in [-0.39, 0.29) is 10.8 Å². The van der Waals surface area contributed by atoms with Gasteiger partial charge in [-0.15, -0.1) is 0 Å². The molecule has 0 spiro atoms. The molecule has 3 aromatic rings. The summed E-state index contributed by atoms with van der Waals surface area (Å²) in [6, 6.07) is 21.2. The first kappa shape index (κ1) is 22.7. The molecule has 1 fully saturated rings. The largest absolute Gasteiger partial charge is 0.495 e. The van der Waals surface area contributed by atoms with Gasteiger partial charge in [0.2, 0.25) is 0 Å². The number of sulfonamides is 1. The van der Waals surface area contributed by atoms with Crippen LogP contribution in [0.3, 0.4) is 0 Å². The topological polar surface area (TPSA) is 79.0 Å². The minimum absolute atomic E-state index is 0.0629. The van der Waals surface area contributed by atoms with E-state index in [1.54, 1.807) is 42.3 Å². The van der Waals surface area contributed by atoms with Crippen LogP contribution in [0.1, 0.15) is 15.9 Å². The maximum absolute atomic E-state index is 13.3. The van der Waals surface area contributed by atoms with Crippen LogP contribution in [0.15, 0.2) is 77.7 Å². The van der Waals surface area contributed by atoms with Gasteiger partial charge in [-0.1, -0.05) is 36.4 Å². The number of benzene rings is 3. The van der Waals surface area contributed by atoms with Crippen molar-refractivity contribution >= 4 is 27.3 Å². The average Bonchev–Trinajstić information content (AvgIpc) is 2.84. The Kier molecular flexibility index (Phi) is 6.55. The van der Waals surface area contributed by atoms with Gasteiger partial charge >= 0.3 is 0 Å². The fourth-order valence-electron chi connectivity index (χ4n) is 3.93. The van der Waals surface area contributed by atoms with Gasteiger partial charge in [0.1, 0.15) is 5.75 Å². The summed E-state index contributed by atoms with van der Waals surface area (Å²) < 4.78 is 33.8. The minimum atomic E-state index is -3.81. The Morgan fingerprint density at radius 3 is 2.27 bits per heavy atom. The Labute approximate surface area is 194 Å². The molecule has 1 heterocycles. The van der Waals surface area contributed by atoms with E-state index in [2.05, 4.69) is 9.62 Å². The molecule has 0 bridgehead atoms. The smallest absolute Gasteiger partial charge is 0.261 e. The van der Waals surface area contributed by atoms with Gasteiger partial charge < -0.3 is 14.5 Å². The van der Waals surface area contributed by atoms with Crippen LogP contribution >= 0.6 is 0 Å². The van der Waals surface area contributed by atoms with E-state index in [1.165, 1.54) is 12.1 Å². The lowest BCUT2D eigenvalue weighted by atomic mass is 10.1. The summed E-state index contributed by atoms with van der Waals surface area (Å²) in [6.45, 7) is 4.22. The highest BCUT2D eigenvalue weighted by atomic mass is 32.2. The van der Waals surface area contributed by atoms with Crippen molar-refractivity contribution in [1.82, 2.24) is 4.90 Å². The molecule has 1 aliphatic heterocycles. The Morgan fingerprint density at radius 1 is 0.909 bits per heavy atom.